The Morgan fingerprint density at radius 1 is 1.12 bits per heavy atom. The number of carbonyl (C=O) groups excluding carboxylic acids is 1. The SMILES string of the molecule is COc1ccccc1OCCOc1ccc(/C=C2/C(=N)N3OC(C)=CC3=NC2=O)cc1Br. The van der Waals surface area contributed by atoms with Crippen LogP contribution in [0.25, 0.3) is 6.08 Å². The van der Waals surface area contributed by atoms with Crippen molar-refractivity contribution in [2.75, 3.05) is 20.3 Å². The van der Waals surface area contributed by atoms with Gasteiger partial charge in [0.25, 0.3) is 5.91 Å². The maximum absolute atomic E-state index is 12.4. The molecule has 8 nitrogen and oxygen atoms in total. The smallest absolute Gasteiger partial charge is 0.282 e. The monoisotopic (exact) mass is 497 g/mol. The van der Waals surface area contributed by atoms with Crippen LogP contribution < -0.4 is 14.2 Å². The molecule has 0 atom stereocenters. The van der Waals surface area contributed by atoms with Gasteiger partial charge in [0.15, 0.2) is 23.2 Å². The predicted molar refractivity (Wildman–Crippen MR) is 123 cm³/mol. The highest BCUT2D eigenvalue weighted by Crippen LogP contribution is 2.29. The molecule has 2 aliphatic rings. The standard InChI is InChI=1S/C23H20BrN3O5/c1-14-11-21-26-23(28)16(22(25)27(21)32-14)12-15-7-8-18(17(24)13-15)30-9-10-31-20-6-4-3-5-19(20)29-2/h3-8,11-13,25H,9-10H2,1-2H3/b16-12-,25-22?. The van der Waals surface area contributed by atoms with Crippen LogP contribution in [0.1, 0.15) is 12.5 Å². The number of hydrogen-bond donors (Lipinski definition) is 1. The van der Waals surface area contributed by atoms with E-state index < -0.39 is 5.91 Å². The lowest BCUT2D eigenvalue weighted by Crippen LogP contribution is -2.38. The van der Waals surface area contributed by atoms with Gasteiger partial charge in [-0.2, -0.15) is 4.99 Å². The van der Waals surface area contributed by atoms with Gasteiger partial charge in [0.05, 0.1) is 17.2 Å². The Kier molecular flexibility index (Phi) is 6.27. The van der Waals surface area contributed by atoms with Gasteiger partial charge in [-0.25, -0.2) is 0 Å². The topological polar surface area (TPSA) is 93.4 Å². The number of amides is 1. The van der Waals surface area contributed by atoms with Crippen LogP contribution in [0.5, 0.6) is 17.2 Å². The predicted octanol–water partition coefficient (Wildman–Crippen LogP) is 4.37. The van der Waals surface area contributed by atoms with Crippen LogP contribution in [-0.2, 0) is 9.63 Å². The number of fused-ring (bicyclic) bond motifs is 1. The summed E-state index contributed by atoms with van der Waals surface area (Å²) >= 11 is 3.49. The lowest BCUT2D eigenvalue weighted by Gasteiger charge is -2.23. The number of nitrogens with one attached hydrogen (secondary N) is 1. The first kappa shape index (κ1) is 21.6. The number of carbonyl (C=O) groups is 1. The first-order valence-corrected chi connectivity index (χ1v) is 10.5. The third kappa shape index (κ3) is 4.52. The van der Waals surface area contributed by atoms with Gasteiger partial charge < -0.3 is 19.0 Å². The normalized spacial score (nSPS) is 16.3. The van der Waals surface area contributed by atoms with Crippen molar-refractivity contribution in [3.8, 4) is 17.2 Å². The molecule has 0 saturated heterocycles. The summed E-state index contributed by atoms with van der Waals surface area (Å²) in [6, 6.07) is 12.8. The number of aliphatic imine (C=N–C) groups is 1. The summed E-state index contributed by atoms with van der Waals surface area (Å²) in [5.41, 5.74) is 0.854. The molecule has 1 amide bonds. The zero-order valence-corrected chi connectivity index (χ0v) is 19.0. The Balaban J connectivity index is 1.39. The summed E-state index contributed by atoms with van der Waals surface area (Å²) < 4.78 is 17.5. The molecule has 0 saturated carbocycles. The van der Waals surface area contributed by atoms with Crippen LogP contribution in [0.15, 0.2) is 69.3 Å². The minimum absolute atomic E-state index is 0.0574. The Morgan fingerprint density at radius 3 is 2.56 bits per heavy atom. The molecule has 0 unspecified atom stereocenters. The van der Waals surface area contributed by atoms with Gasteiger partial charge in [0.1, 0.15) is 24.7 Å². The number of rotatable bonds is 7. The fourth-order valence-corrected chi connectivity index (χ4v) is 3.64. The van der Waals surface area contributed by atoms with Crippen molar-refractivity contribution in [2.45, 2.75) is 6.92 Å². The van der Waals surface area contributed by atoms with Crippen LogP contribution in [-0.4, -0.2) is 43.0 Å². The molecule has 2 aliphatic heterocycles. The molecule has 4 rings (SSSR count). The average Bonchev–Trinajstić information content (AvgIpc) is 3.15. The second-order valence-corrected chi connectivity index (χ2v) is 7.71. The van der Waals surface area contributed by atoms with Crippen molar-refractivity contribution in [2.24, 2.45) is 4.99 Å². The van der Waals surface area contributed by atoms with Crippen LogP contribution in [0.3, 0.4) is 0 Å². The highest BCUT2D eigenvalue weighted by atomic mass is 79.9. The van der Waals surface area contributed by atoms with E-state index in [-0.39, 0.29) is 11.4 Å². The molecule has 0 bridgehead atoms. The Hall–Kier alpha value is -3.59. The number of benzene rings is 2. The zero-order chi connectivity index (χ0) is 22.7. The van der Waals surface area contributed by atoms with E-state index in [1.165, 1.54) is 5.06 Å². The summed E-state index contributed by atoms with van der Waals surface area (Å²) in [5, 5.41) is 9.52. The highest BCUT2D eigenvalue weighted by Gasteiger charge is 2.34. The molecular weight excluding hydrogens is 478 g/mol. The molecule has 0 spiro atoms. The summed E-state index contributed by atoms with van der Waals surface area (Å²) in [6.45, 7) is 2.41. The van der Waals surface area contributed by atoms with Gasteiger partial charge in [0, 0.05) is 6.08 Å². The molecule has 1 N–H and O–H groups in total. The lowest BCUT2D eigenvalue weighted by atomic mass is 10.1. The van der Waals surface area contributed by atoms with E-state index in [1.807, 2.05) is 24.3 Å². The number of amidine groups is 2. The number of hydrogen-bond acceptors (Lipinski definition) is 6. The second-order valence-electron chi connectivity index (χ2n) is 6.86. The minimum atomic E-state index is -0.485. The molecule has 0 fully saturated rings. The molecular formula is C23H20BrN3O5. The maximum atomic E-state index is 12.4. The van der Waals surface area contributed by atoms with Gasteiger partial charge >= 0.3 is 0 Å². The minimum Gasteiger partial charge on any atom is -0.493 e. The van der Waals surface area contributed by atoms with Crippen molar-refractivity contribution in [1.82, 2.24) is 5.06 Å². The lowest BCUT2D eigenvalue weighted by molar-refractivity contribution is -0.114. The summed E-state index contributed by atoms with van der Waals surface area (Å²) in [4.78, 5) is 21.8. The Labute approximate surface area is 193 Å². The third-order valence-corrected chi connectivity index (χ3v) is 5.23. The van der Waals surface area contributed by atoms with Crippen molar-refractivity contribution >= 4 is 39.6 Å². The number of ether oxygens (including phenoxy) is 3. The largest absolute Gasteiger partial charge is 0.493 e. The van der Waals surface area contributed by atoms with Crippen LogP contribution in [0, 0.1) is 5.41 Å². The molecule has 2 heterocycles. The molecule has 2 aromatic carbocycles. The van der Waals surface area contributed by atoms with E-state index in [0.717, 1.165) is 0 Å². The molecule has 164 valence electrons. The van der Waals surface area contributed by atoms with Crippen molar-refractivity contribution < 1.29 is 23.8 Å². The fourth-order valence-electron chi connectivity index (χ4n) is 3.13. The van der Waals surface area contributed by atoms with Crippen LogP contribution >= 0.6 is 15.9 Å². The number of allylic oxidation sites excluding steroid dienone is 1. The van der Waals surface area contributed by atoms with Gasteiger partial charge in [0.2, 0.25) is 0 Å². The van der Waals surface area contributed by atoms with Gasteiger partial charge in [-0.15, -0.1) is 5.06 Å². The Bertz CT molecular complexity index is 1170. The molecule has 9 heteroatoms. The maximum Gasteiger partial charge on any atom is 0.282 e. The highest BCUT2D eigenvalue weighted by molar-refractivity contribution is 9.10. The number of methoxy groups -OCH3 is 1. The number of nitrogens with zero attached hydrogens (tertiary/aromatic N) is 2. The molecule has 0 aliphatic carbocycles. The number of halogens is 1. The van der Waals surface area contributed by atoms with E-state index in [0.29, 0.717) is 52.1 Å². The van der Waals surface area contributed by atoms with E-state index >= 15 is 0 Å². The fraction of sp³-hybridized carbons (Fsp3) is 0.174. The summed E-state index contributed by atoms with van der Waals surface area (Å²) in [7, 11) is 1.59. The van der Waals surface area contributed by atoms with E-state index in [1.54, 1.807) is 44.4 Å². The summed E-state index contributed by atoms with van der Waals surface area (Å²) in [5.74, 6) is 2.28. The quantitative estimate of drug-likeness (QED) is 0.451. The molecule has 2 aromatic rings. The number of hydroxylamine groups is 2. The molecule has 0 aromatic heterocycles. The van der Waals surface area contributed by atoms with Crippen molar-refractivity contribution in [1.29, 1.82) is 5.41 Å². The molecule has 0 radical (unpaired) electrons. The second kappa shape index (κ2) is 9.27. The average molecular weight is 498 g/mol. The van der Waals surface area contributed by atoms with Crippen LogP contribution in [0.4, 0.5) is 0 Å². The number of para-hydroxylation sites is 2. The van der Waals surface area contributed by atoms with Gasteiger partial charge in [-0.3, -0.25) is 10.2 Å². The first-order valence-electron chi connectivity index (χ1n) is 9.74. The first-order chi connectivity index (χ1) is 15.5. The van der Waals surface area contributed by atoms with Gasteiger partial charge in [-0.1, -0.05) is 18.2 Å². The van der Waals surface area contributed by atoms with E-state index in [4.69, 9.17) is 24.5 Å². The Morgan fingerprint density at radius 2 is 1.84 bits per heavy atom. The molecule has 32 heavy (non-hydrogen) atoms. The van der Waals surface area contributed by atoms with E-state index in [9.17, 15) is 4.79 Å². The summed E-state index contributed by atoms with van der Waals surface area (Å²) in [6.07, 6.45) is 3.21. The van der Waals surface area contributed by atoms with Crippen LogP contribution in [0.2, 0.25) is 0 Å². The van der Waals surface area contributed by atoms with Crippen molar-refractivity contribution in [3.05, 3.63) is 69.9 Å². The van der Waals surface area contributed by atoms with Crippen molar-refractivity contribution in [3.63, 3.8) is 0 Å². The van der Waals surface area contributed by atoms with E-state index in [2.05, 4.69) is 20.9 Å². The zero-order valence-electron chi connectivity index (χ0n) is 17.4. The van der Waals surface area contributed by atoms with Gasteiger partial charge in [-0.05, 0) is 58.8 Å². The third-order valence-electron chi connectivity index (χ3n) is 4.61.